The molecular formula is C26H24F6N2O3S2. The van der Waals surface area contributed by atoms with Gasteiger partial charge in [0, 0.05) is 23.1 Å². The smallest absolute Gasteiger partial charge is 0.369 e. The van der Waals surface area contributed by atoms with E-state index in [4.69, 9.17) is 0 Å². The van der Waals surface area contributed by atoms with E-state index in [1.54, 1.807) is 45.2 Å². The normalized spacial score (nSPS) is 13.8. The number of nitrogens with zero attached hydrogens (tertiary/aromatic N) is 2. The molecule has 2 aromatic heterocycles. The summed E-state index contributed by atoms with van der Waals surface area (Å²) in [7, 11) is -4.10. The van der Waals surface area contributed by atoms with Crippen LogP contribution in [0.15, 0.2) is 57.1 Å². The van der Waals surface area contributed by atoms with Crippen molar-refractivity contribution in [2.45, 2.75) is 61.7 Å². The number of aromatic nitrogens is 1. The number of alkyl halides is 6. The molecule has 3 rings (SSSR count). The van der Waals surface area contributed by atoms with Crippen LogP contribution in [0.4, 0.5) is 26.3 Å². The molecule has 13 heteroatoms. The van der Waals surface area contributed by atoms with E-state index >= 15 is 0 Å². The van der Waals surface area contributed by atoms with Crippen LogP contribution in [-0.2, 0) is 15.4 Å². The molecule has 0 bridgehead atoms. The molecule has 5 nitrogen and oxygen atoms in total. The largest absolute Gasteiger partial charge is 0.430 e. The van der Waals surface area contributed by atoms with Crippen molar-refractivity contribution in [3.8, 4) is 11.8 Å². The Kier molecular flexibility index (Phi) is 8.18. The topological polar surface area (TPSA) is 83.1 Å². The van der Waals surface area contributed by atoms with Gasteiger partial charge in [-0.2, -0.15) is 31.6 Å². The lowest BCUT2D eigenvalue weighted by Gasteiger charge is -2.33. The van der Waals surface area contributed by atoms with Crippen LogP contribution in [-0.4, -0.2) is 30.4 Å². The van der Waals surface area contributed by atoms with Crippen molar-refractivity contribution in [3.63, 3.8) is 0 Å². The SMILES string of the molecule is CC(C)c1cc(C(O)(C(F)(F)F)C(F)(F)F)ccc1-n1cc(/C=C(\C#N)S(=O)(=O)c2cccs2)cc1C(C)C. The number of benzene rings is 1. The van der Waals surface area contributed by atoms with Crippen LogP contribution in [0.25, 0.3) is 11.8 Å². The summed E-state index contributed by atoms with van der Waals surface area (Å²) >= 11 is 0.940. The highest BCUT2D eigenvalue weighted by Gasteiger charge is 2.71. The van der Waals surface area contributed by atoms with Crippen LogP contribution in [0.3, 0.4) is 0 Å². The third-order valence-electron chi connectivity index (χ3n) is 6.07. The first-order chi connectivity index (χ1) is 17.9. The predicted octanol–water partition coefficient (Wildman–Crippen LogP) is 7.44. The molecule has 0 aliphatic rings. The summed E-state index contributed by atoms with van der Waals surface area (Å²) in [4.78, 5) is -0.530. The van der Waals surface area contributed by atoms with Gasteiger partial charge in [-0.15, -0.1) is 11.3 Å². The van der Waals surface area contributed by atoms with E-state index in [1.807, 2.05) is 0 Å². The average molecular weight is 591 g/mol. The van der Waals surface area contributed by atoms with E-state index in [0.717, 1.165) is 23.5 Å². The molecule has 0 atom stereocenters. The number of hydrogen-bond donors (Lipinski definition) is 1. The standard InChI is InChI=1S/C26H24F6N2O3S2/c1-15(2)20-12-18(24(35,25(27,28)29)26(30,31)32)7-8-21(20)34-14-17(11-22(34)16(3)4)10-19(13-33)39(36,37)23-6-5-9-38-23/h5-12,14-16,35H,1-4H3/b19-10+. The molecule has 0 aliphatic heterocycles. The van der Waals surface area contributed by atoms with Gasteiger partial charge in [0.25, 0.3) is 5.60 Å². The Morgan fingerprint density at radius 3 is 2.10 bits per heavy atom. The molecule has 0 saturated heterocycles. The first kappa shape index (κ1) is 30.5. The second-order valence-corrected chi connectivity index (χ2v) is 12.5. The fraction of sp³-hybridized carbons (Fsp3) is 0.346. The fourth-order valence-electron chi connectivity index (χ4n) is 4.03. The lowest BCUT2D eigenvalue weighted by atomic mass is 9.88. The maximum absolute atomic E-state index is 13.5. The fourth-order valence-corrected chi connectivity index (χ4v) is 6.31. The summed E-state index contributed by atoms with van der Waals surface area (Å²) in [6, 6.07) is 8.47. The minimum atomic E-state index is -6.03. The molecule has 0 spiro atoms. The minimum Gasteiger partial charge on any atom is -0.369 e. The van der Waals surface area contributed by atoms with Gasteiger partial charge in [-0.25, -0.2) is 8.42 Å². The van der Waals surface area contributed by atoms with Crippen molar-refractivity contribution in [2.75, 3.05) is 0 Å². The molecule has 0 unspecified atom stereocenters. The van der Waals surface area contributed by atoms with Gasteiger partial charge in [0.2, 0.25) is 9.84 Å². The van der Waals surface area contributed by atoms with Gasteiger partial charge in [-0.1, -0.05) is 39.8 Å². The summed E-state index contributed by atoms with van der Waals surface area (Å²) in [5.74, 6) is -0.783. The van der Waals surface area contributed by atoms with E-state index in [1.165, 1.54) is 22.9 Å². The van der Waals surface area contributed by atoms with Crippen LogP contribution in [0.5, 0.6) is 0 Å². The quantitative estimate of drug-likeness (QED) is 0.229. The monoisotopic (exact) mass is 590 g/mol. The summed E-state index contributed by atoms with van der Waals surface area (Å²) in [5.41, 5.74) is -5.28. The molecule has 1 N–H and O–H groups in total. The van der Waals surface area contributed by atoms with Crippen LogP contribution in [0, 0.1) is 11.3 Å². The second-order valence-electron chi connectivity index (χ2n) is 9.41. The number of aliphatic hydroxyl groups is 1. The molecule has 1 aromatic carbocycles. The number of nitriles is 1. The molecule has 0 saturated carbocycles. The molecule has 0 aliphatic carbocycles. The van der Waals surface area contributed by atoms with Crippen LogP contribution >= 0.6 is 11.3 Å². The lowest BCUT2D eigenvalue weighted by Crippen LogP contribution is -2.54. The molecule has 210 valence electrons. The van der Waals surface area contributed by atoms with Crippen molar-refractivity contribution in [2.24, 2.45) is 0 Å². The van der Waals surface area contributed by atoms with Crippen molar-refractivity contribution in [1.29, 1.82) is 5.26 Å². The van der Waals surface area contributed by atoms with Crippen molar-refractivity contribution in [1.82, 2.24) is 4.57 Å². The zero-order chi connectivity index (χ0) is 29.6. The first-order valence-electron chi connectivity index (χ1n) is 11.5. The Morgan fingerprint density at radius 2 is 1.64 bits per heavy atom. The molecule has 2 heterocycles. The van der Waals surface area contributed by atoms with Gasteiger partial charge >= 0.3 is 12.4 Å². The molecule has 39 heavy (non-hydrogen) atoms. The third kappa shape index (κ3) is 5.50. The van der Waals surface area contributed by atoms with Crippen LogP contribution < -0.4 is 0 Å². The first-order valence-corrected chi connectivity index (χ1v) is 13.9. The molecular weight excluding hydrogens is 566 g/mol. The minimum absolute atomic E-state index is 0.0293. The van der Waals surface area contributed by atoms with Crippen LogP contribution in [0.2, 0.25) is 0 Å². The number of allylic oxidation sites excluding steroid dienone is 1. The maximum Gasteiger partial charge on any atom is 0.430 e. The Balaban J connectivity index is 2.24. The van der Waals surface area contributed by atoms with Crippen molar-refractivity contribution in [3.05, 3.63) is 75.3 Å². The Hall–Kier alpha value is -3.08. The van der Waals surface area contributed by atoms with Gasteiger partial charge in [-0.3, -0.25) is 0 Å². The number of hydrogen-bond acceptors (Lipinski definition) is 5. The molecule has 0 radical (unpaired) electrons. The average Bonchev–Trinajstić information content (AvgIpc) is 3.51. The van der Waals surface area contributed by atoms with Gasteiger partial charge in [0.05, 0.1) is 0 Å². The summed E-state index contributed by atoms with van der Waals surface area (Å²) < 4.78 is 108. The van der Waals surface area contributed by atoms with Gasteiger partial charge in [-0.05, 0) is 58.7 Å². The lowest BCUT2D eigenvalue weighted by molar-refractivity contribution is -0.376. The molecule has 0 fully saturated rings. The van der Waals surface area contributed by atoms with Crippen molar-refractivity contribution < 1.29 is 39.9 Å². The Morgan fingerprint density at radius 1 is 1.03 bits per heavy atom. The van der Waals surface area contributed by atoms with Gasteiger partial charge < -0.3 is 9.67 Å². The zero-order valence-corrected chi connectivity index (χ0v) is 22.7. The van der Waals surface area contributed by atoms with E-state index in [-0.39, 0.29) is 26.9 Å². The van der Waals surface area contributed by atoms with Gasteiger partial charge in [0.15, 0.2) is 4.91 Å². The van der Waals surface area contributed by atoms with Crippen molar-refractivity contribution >= 4 is 27.3 Å². The zero-order valence-electron chi connectivity index (χ0n) is 21.1. The van der Waals surface area contributed by atoms with E-state index in [0.29, 0.717) is 17.8 Å². The van der Waals surface area contributed by atoms with E-state index < -0.39 is 44.2 Å². The molecule has 0 amide bonds. The van der Waals surface area contributed by atoms with Crippen LogP contribution in [0.1, 0.15) is 61.9 Å². The van der Waals surface area contributed by atoms with Gasteiger partial charge in [0.1, 0.15) is 10.3 Å². The molecule has 3 aromatic rings. The number of sulfone groups is 1. The third-order valence-corrected chi connectivity index (χ3v) is 9.13. The summed E-state index contributed by atoms with van der Waals surface area (Å²) in [6.07, 6.45) is -9.45. The highest BCUT2D eigenvalue weighted by atomic mass is 32.2. The van der Waals surface area contributed by atoms with E-state index in [9.17, 15) is 45.1 Å². The summed E-state index contributed by atoms with van der Waals surface area (Å²) in [6.45, 7) is 6.73. The highest BCUT2D eigenvalue weighted by molar-refractivity contribution is 7.97. The Labute approximate surface area is 225 Å². The number of rotatable bonds is 7. The summed E-state index contributed by atoms with van der Waals surface area (Å²) in [5, 5.41) is 21.0. The second kappa shape index (κ2) is 10.5. The number of halogens is 6. The Bertz CT molecular complexity index is 1510. The maximum atomic E-state index is 13.5. The highest BCUT2D eigenvalue weighted by Crippen LogP contribution is 2.50. The van der Waals surface area contributed by atoms with E-state index in [2.05, 4.69) is 0 Å². The number of thiophene rings is 1. The predicted molar refractivity (Wildman–Crippen MR) is 135 cm³/mol.